The van der Waals surface area contributed by atoms with Gasteiger partial charge in [-0.3, -0.25) is 9.59 Å². The molecule has 0 aliphatic heterocycles. The van der Waals surface area contributed by atoms with Crippen molar-refractivity contribution >= 4 is 11.8 Å². The molecule has 5 heteroatoms. The summed E-state index contributed by atoms with van der Waals surface area (Å²) in [5.74, 6) is 0.526. The second-order valence-corrected chi connectivity index (χ2v) is 9.02. The topological polar surface area (TPSA) is 58.6 Å². The predicted octanol–water partition coefficient (Wildman–Crippen LogP) is 5.94. The highest BCUT2D eigenvalue weighted by Crippen LogP contribution is 2.29. The minimum absolute atomic E-state index is 0.0407. The van der Waals surface area contributed by atoms with Crippen LogP contribution in [0.15, 0.2) is 84.9 Å². The van der Waals surface area contributed by atoms with Crippen molar-refractivity contribution in [2.75, 3.05) is 13.7 Å². The van der Waals surface area contributed by atoms with Crippen LogP contribution in [0.25, 0.3) is 0 Å². The minimum Gasteiger partial charge on any atom is -0.497 e. The summed E-state index contributed by atoms with van der Waals surface area (Å²) >= 11 is 0. The second-order valence-electron chi connectivity index (χ2n) is 9.02. The number of nitrogens with one attached hydrogen (secondary N) is 1. The number of benzene rings is 3. The summed E-state index contributed by atoms with van der Waals surface area (Å²) in [4.78, 5) is 28.9. The van der Waals surface area contributed by atoms with E-state index in [-0.39, 0.29) is 24.2 Å². The van der Waals surface area contributed by atoms with Crippen LogP contribution < -0.4 is 10.1 Å². The molecule has 0 radical (unpaired) electrons. The zero-order chi connectivity index (χ0) is 25.8. The van der Waals surface area contributed by atoms with Gasteiger partial charge in [0.15, 0.2) is 0 Å². The molecular formula is C31H38N2O3. The van der Waals surface area contributed by atoms with E-state index in [2.05, 4.69) is 36.5 Å². The molecule has 1 N–H and O–H groups in total. The molecule has 0 bridgehead atoms. The first-order valence-corrected chi connectivity index (χ1v) is 12.9. The molecule has 0 heterocycles. The third kappa shape index (κ3) is 7.45. The van der Waals surface area contributed by atoms with E-state index >= 15 is 0 Å². The fourth-order valence-corrected chi connectivity index (χ4v) is 4.44. The van der Waals surface area contributed by atoms with Gasteiger partial charge >= 0.3 is 0 Å². The number of amides is 2. The van der Waals surface area contributed by atoms with E-state index in [0.29, 0.717) is 19.5 Å². The molecule has 3 aromatic rings. The normalized spacial score (nSPS) is 11.7. The molecule has 1 atom stereocenters. The van der Waals surface area contributed by atoms with Crippen molar-refractivity contribution in [2.24, 2.45) is 0 Å². The fourth-order valence-electron chi connectivity index (χ4n) is 4.44. The van der Waals surface area contributed by atoms with Gasteiger partial charge in [-0.05, 0) is 41.7 Å². The van der Waals surface area contributed by atoms with Gasteiger partial charge in [-0.15, -0.1) is 0 Å². The van der Waals surface area contributed by atoms with Crippen LogP contribution in [0.1, 0.15) is 62.1 Å². The molecule has 36 heavy (non-hydrogen) atoms. The monoisotopic (exact) mass is 486 g/mol. The third-order valence-electron chi connectivity index (χ3n) is 6.51. The highest BCUT2D eigenvalue weighted by molar-refractivity contribution is 5.88. The van der Waals surface area contributed by atoms with Crippen LogP contribution in [0, 0.1) is 0 Å². The van der Waals surface area contributed by atoms with Gasteiger partial charge in [0.1, 0.15) is 11.8 Å². The Balaban J connectivity index is 1.91. The number of rotatable bonds is 13. The Bertz CT molecular complexity index is 1030. The van der Waals surface area contributed by atoms with Gasteiger partial charge in [0.05, 0.1) is 7.11 Å². The lowest BCUT2D eigenvalue weighted by Crippen LogP contribution is -2.49. The molecule has 2 amide bonds. The molecular weight excluding hydrogens is 448 g/mol. The first-order valence-electron chi connectivity index (χ1n) is 12.9. The Kier molecular flexibility index (Phi) is 10.6. The molecule has 0 aliphatic carbocycles. The van der Waals surface area contributed by atoms with Gasteiger partial charge < -0.3 is 15.0 Å². The number of nitrogens with zero attached hydrogens (tertiary/aromatic N) is 1. The highest BCUT2D eigenvalue weighted by Gasteiger charge is 2.30. The summed E-state index contributed by atoms with van der Waals surface area (Å²) in [6, 6.07) is 27.4. The predicted molar refractivity (Wildman–Crippen MR) is 145 cm³/mol. The maximum absolute atomic E-state index is 14.0. The molecule has 0 fully saturated rings. The quantitative estimate of drug-likeness (QED) is 0.304. The Morgan fingerprint density at radius 1 is 0.861 bits per heavy atom. The standard InChI is InChI=1S/C31H38N2O3/c1-4-6-21-32-31(35)29(5-2)33(23-24-17-19-27(36-3)20-18-24)30(34)22-28(25-13-9-7-10-14-25)26-15-11-8-12-16-26/h7-20,28-29H,4-6,21-23H2,1-3H3,(H,32,35)/t29-/m0/s1. The van der Waals surface area contributed by atoms with Crippen LogP contribution >= 0.6 is 0 Å². The lowest BCUT2D eigenvalue weighted by atomic mass is 9.88. The molecule has 0 saturated heterocycles. The lowest BCUT2D eigenvalue weighted by Gasteiger charge is -2.32. The van der Waals surface area contributed by atoms with Crippen LogP contribution in [0.3, 0.4) is 0 Å². The first-order chi connectivity index (χ1) is 17.6. The van der Waals surface area contributed by atoms with Crippen LogP contribution in [-0.4, -0.2) is 36.4 Å². The maximum Gasteiger partial charge on any atom is 0.242 e. The number of hydrogen-bond acceptors (Lipinski definition) is 3. The van der Waals surface area contributed by atoms with Crippen molar-refractivity contribution in [3.8, 4) is 5.75 Å². The minimum atomic E-state index is -0.538. The molecule has 3 aromatic carbocycles. The smallest absolute Gasteiger partial charge is 0.242 e. The average molecular weight is 487 g/mol. The summed E-state index contributed by atoms with van der Waals surface area (Å²) < 4.78 is 5.29. The van der Waals surface area contributed by atoms with E-state index in [9.17, 15) is 9.59 Å². The van der Waals surface area contributed by atoms with E-state index in [1.165, 1.54) is 0 Å². The number of hydrogen-bond donors (Lipinski definition) is 1. The van der Waals surface area contributed by atoms with E-state index in [4.69, 9.17) is 4.74 Å². The molecule has 190 valence electrons. The number of carbonyl (C=O) groups excluding carboxylic acids is 2. The summed E-state index contributed by atoms with van der Waals surface area (Å²) in [7, 11) is 1.63. The summed E-state index contributed by atoms with van der Waals surface area (Å²) in [6.07, 6.45) is 2.74. The van der Waals surface area contributed by atoms with Crippen molar-refractivity contribution < 1.29 is 14.3 Å². The van der Waals surface area contributed by atoms with Crippen LogP contribution in [0.5, 0.6) is 5.75 Å². The second kappa shape index (κ2) is 14.1. The van der Waals surface area contributed by atoms with Crippen LogP contribution in [-0.2, 0) is 16.1 Å². The molecule has 0 unspecified atom stereocenters. The number of unbranched alkanes of at least 4 members (excludes halogenated alkanes) is 1. The van der Waals surface area contributed by atoms with E-state index in [0.717, 1.165) is 35.3 Å². The van der Waals surface area contributed by atoms with E-state index in [1.807, 2.05) is 67.6 Å². The van der Waals surface area contributed by atoms with Crippen molar-refractivity contribution in [1.82, 2.24) is 10.2 Å². The molecule has 0 aromatic heterocycles. The van der Waals surface area contributed by atoms with Gasteiger partial charge in [0.25, 0.3) is 0 Å². The first kappa shape index (κ1) is 27.0. The lowest BCUT2D eigenvalue weighted by molar-refractivity contribution is -0.141. The average Bonchev–Trinajstić information content (AvgIpc) is 2.93. The Hall–Kier alpha value is -3.60. The fraction of sp³-hybridized carbons (Fsp3) is 0.355. The molecule has 0 aliphatic rings. The van der Waals surface area contributed by atoms with E-state index in [1.54, 1.807) is 12.0 Å². The summed E-state index contributed by atoms with van der Waals surface area (Å²) in [6.45, 7) is 5.03. The number of ether oxygens (including phenoxy) is 1. The number of methoxy groups -OCH3 is 1. The SMILES string of the molecule is CCCCNC(=O)[C@H](CC)N(Cc1ccc(OC)cc1)C(=O)CC(c1ccccc1)c1ccccc1. The Labute approximate surface area is 215 Å². The van der Waals surface area contributed by atoms with Crippen molar-refractivity contribution in [3.63, 3.8) is 0 Å². The van der Waals surface area contributed by atoms with Gasteiger partial charge in [-0.25, -0.2) is 0 Å². The molecule has 0 spiro atoms. The van der Waals surface area contributed by atoms with Crippen LogP contribution in [0.4, 0.5) is 0 Å². The third-order valence-corrected chi connectivity index (χ3v) is 6.51. The Morgan fingerprint density at radius 3 is 1.94 bits per heavy atom. The summed E-state index contributed by atoms with van der Waals surface area (Å²) in [5.41, 5.74) is 3.13. The van der Waals surface area contributed by atoms with Gasteiger partial charge in [-0.2, -0.15) is 0 Å². The zero-order valence-corrected chi connectivity index (χ0v) is 21.7. The number of carbonyl (C=O) groups is 2. The molecule has 5 nitrogen and oxygen atoms in total. The van der Waals surface area contributed by atoms with Crippen LogP contribution in [0.2, 0.25) is 0 Å². The van der Waals surface area contributed by atoms with Crippen molar-refractivity contribution in [2.45, 2.75) is 58.0 Å². The Morgan fingerprint density at radius 2 is 1.44 bits per heavy atom. The zero-order valence-electron chi connectivity index (χ0n) is 21.7. The van der Waals surface area contributed by atoms with E-state index < -0.39 is 6.04 Å². The molecule has 0 saturated carbocycles. The molecule has 3 rings (SSSR count). The van der Waals surface area contributed by atoms with Gasteiger partial charge in [0, 0.05) is 25.4 Å². The largest absolute Gasteiger partial charge is 0.497 e. The van der Waals surface area contributed by atoms with Crippen molar-refractivity contribution in [3.05, 3.63) is 102 Å². The van der Waals surface area contributed by atoms with Crippen molar-refractivity contribution in [1.29, 1.82) is 0 Å². The summed E-state index contributed by atoms with van der Waals surface area (Å²) in [5, 5.41) is 3.04. The maximum atomic E-state index is 14.0. The van der Waals surface area contributed by atoms with Gasteiger partial charge in [-0.1, -0.05) is 93.1 Å². The highest BCUT2D eigenvalue weighted by atomic mass is 16.5. The van der Waals surface area contributed by atoms with Gasteiger partial charge in [0.2, 0.25) is 11.8 Å².